The molecule has 0 N–H and O–H groups in total. The summed E-state index contributed by atoms with van der Waals surface area (Å²) < 4.78 is 5.90. The Kier molecular flexibility index (Phi) is 14.8. The number of halogens is 1. The van der Waals surface area contributed by atoms with E-state index >= 15 is 0 Å². The fourth-order valence-electron chi connectivity index (χ4n) is 3.44. The van der Waals surface area contributed by atoms with Crippen LogP contribution in [0.15, 0.2) is 18.2 Å². The molecule has 0 bridgehead atoms. The lowest BCUT2D eigenvalue weighted by Crippen LogP contribution is -1.99. The second kappa shape index (κ2) is 16.5. The van der Waals surface area contributed by atoms with Crippen LogP contribution in [0.5, 0.6) is 5.75 Å². The molecule has 0 heterocycles. The second-order valence-electron chi connectivity index (χ2n) is 7.68. The van der Waals surface area contributed by atoms with Gasteiger partial charge in [0.2, 0.25) is 0 Å². The van der Waals surface area contributed by atoms with Gasteiger partial charge in [-0.2, -0.15) is 0 Å². The molecule has 0 saturated heterocycles. The van der Waals surface area contributed by atoms with E-state index < -0.39 is 0 Å². The van der Waals surface area contributed by atoms with E-state index in [4.69, 9.17) is 16.3 Å². The normalized spacial score (nSPS) is 11.0. The van der Waals surface area contributed by atoms with Crippen molar-refractivity contribution in [3.63, 3.8) is 0 Å². The molecule has 0 unspecified atom stereocenters. The van der Waals surface area contributed by atoms with Gasteiger partial charge in [0.15, 0.2) is 0 Å². The quantitative estimate of drug-likeness (QED) is 0.194. The van der Waals surface area contributed by atoms with Gasteiger partial charge in [-0.3, -0.25) is 0 Å². The first-order valence-electron chi connectivity index (χ1n) is 11.1. The molecule has 2 heteroatoms. The van der Waals surface area contributed by atoms with Crippen LogP contribution in [-0.4, -0.2) is 6.61 Å². The number of rotatable bonds is 17. The first-order chi connectivity index (χ1) is 12.8. The van der Waals surface area contributed by atoms with E-state index in [1.54, 1.807) is 0 Å². The first-order valence-corrected chi connectivity index (χ1v) is 11.6. The first kappa shape index (κ1) is 23.3. The monoisotopic (exact) mass is 380 g/mol. The van der Waals surface area contributed by atoms with E-state index in [1.165, 1.54) is 89.0 Å². The number of aryl methyl sites for hydroxylation is 1. The molecule has 0 aliphatic heterocycles. The van der Waals surface area contributed by atoms with Crippen LogP contribution in [0, 0.1) is 6.92 Å². The number of hydrogen-bond donors (Lipinski definition) is 0. The SMILES string of the molecule is CCCCCCCCCCCCCCCCOc1ccc(CCl)cc1C. The summed E-state index contributed by atoms with van der Waals surface area (Å²) in [6.07, 6.45) is 19.5. The maximum Gasteiger partial charge on any atom is 0.122 e. The highest BCUT2D eigenvalue weighted by Crippen LogP contribution is 2.20. The fraction of sp³-hybridized carbons (Fsp3) is 0.750. The van der Waals surface area contributed by atoms with Crippen molar-refractivity contribution >= 4 is 11.6 Å². The van der Waals surface area contributed by atoms with Gasteiger partial charge in [-0.25, -0.2) is 0 Å². The highest BCUT2D eigenvalue weighted by molar-refractivity contribution is 6.17. The van der Waals surface area contributed by atoms with Gasteiger partial charge in [-0.05, 0) is 30.5 Å². The molecule has 26 heavy (non-hydrogen) atoms. The largest absolute Gasteiger partial charge is 0.493 e. The number of alkyl halides is 1. The van der Waals surface area contributed by atoms with Gasteiger partial charge in [0.1, 0.15) is 5.75 Å². The van der Waals surface area contributed by atoms with Crippen LogP contribution in [-0.2, 0) is 5.88 Å². The van der Waals surface area contributed by atoms with Crippen LogP contribution < -0.4 is 4.74 Å². The molecule has 0 fully saturated rings. The van der Waals surface area contributed by atoms with E-state index in [1.807, 2.05) is 0 Å². The fourth-order valence-corrected chi connectivity index (χ4v) is 3.60. The van der Waals surface area contributed by atoms with Crippen LogP contribution in [0.4, 0.5) is 0 Å². The smallest absolute Gasteiger partial charge is 0.122 e. The summed E-state index contributed by atoms with van der Waals surface area (Å²) in [5, 5.41) is 0. The third-order valence-electron chi connectivity index (χ3n) is 5.15. The molecule has 1 rings (SSSR count). The summed E-state index contributed by atoms with van der Waals surface area (Å²) in [6, 6.07) is 6.23. The molecular weight excluding hydrogens is 340 g/mol. The molecule has 0 radical (unpaired) electrons. The minimum Gasteiger partial charge on any atom is -0.493 e. The summed E-state index contributed by atoms with van der Waals surface area (Å²) in [7, 11) is 0. The molecule has 0 saturated carbocycles. The van der Waals surface area contributed by atoms with Crippen LogP contribution in [0.25, 0.3) is 0 Å². The molecule has 150 valence electrons. The lowest BCUT2D eigenvalue weighted by Gasteiger charge is -2.10. The Hall–Kier alpha value is -0.690. The van der Waals surface area contributed by atoms with E-state index in [-0.39, 0.29) is 0 Å². The molecular formula is C24H41ClO. The zero-order chi connectivity index (χ0) is 18.9. The van der Waals surface area contributed by atoms with Gasteiger partial charge < -0.3 is 4.74 Å². The molecule has 0 spiro atoms. The van der Waals surface area contributed by atoms with Crippen LogP contribution in [0.1, 0.15) is 108 Å². The van der Waals surface area contributed by atoms with Gasteiger partial charge in [-0.1, -0.05) is 103 Å². The van der Waals surface area contributed by atoms with Crippen LogP contribution in [0.2, 0.25) is 0 Å². The summed E-state index contributed by atoms with van der Waals surface area (Å²) in [5.74, 6) is 1.58. The maximum atomic E-state index is 5.90. The average molecular weight is 381 g/mol. The lowest BCUT2D eigenvalue weighted by molar-refractivity contribution is 0.302. The molecule has 0 amide bonds. The van der Waals surface area contributed by atoms with Gasteiger partial charge >= 0.3 is 0 Å². The summed E-state index contributed by atoms with van der Waals surface area (Å²) in [6.45, 7) is 5.21. The Labute approximate surface area is 167 Å². The van der Waals surface area contributed by atoms with Crippen molar-refractivity contribution in [3.05, 3.63) is 29.3 Å². The molecule has 0 aliphatic carbocycles. The zero-order valence-corrected chi connectivity index (χ0v) is 18.1. The Morgan fingerprint density at radius 3 is 1.69 bits per heavy atom. The number of unbranched alkanes of at least 4 members (excludes halogenated alkanes) is 13. The predicted octanol–water partition coefficient (Wildman–Crippen LogP) is 8.59. The maximum absolute atomic E-state index is 5.90. The van der Waals surface area contributed by atoms with Crippen molar-refractivity contribution in [1.29, 1.82) is 0 Å². The Morgan fingerprint density at radius 1 is 0.731 bits per heavy atom. The lowest BCUT2D eigenvalue weighted by atomic mass is 10.0. The second-order valence-corrected chi connectivity index (χ2v) is 7.95. The third kappa shape index (κ3) is 11.8. The van der Waals surface area contributed by atoms with E-state index in [9.17, 15) is 0 Å². The number of benzene rings is 1. The van der Waals surface area contributed by atoms with Crippen molar-refractivity contribution < 1.29 is 4.74 Å². The van der Waals surface area contributed by atoms with E-state index in [0.717, 1.165) is 24.3 Å². The third-order valence-corrected chi connectivity index (χ3v) is 5.46. The Balaban J connectivity index is 1.85. The molecule has 0 atom stereocenters. The molecule has 1 aromatic carbocycles. The molecule has 0 aliphatic rings. The van der Waals surface area contributed by atoms with Gasteiger partial charge in [-0.15, -0.1) is 11.6 Å². The van der Waals surface area contributed by atoms with Gasteiger partial charge in [0.25, 0.3) is 0 Å². The minimum atomic E-state index is 0.570. The van der Waals surface area contributed by atoms with Crippen molar-refractivity contribution in [1.82, 2.24) is 0 Å². The van der Waals surface area contributed by atoms with Crippen LogP contribution >= 0.6 is 11.6 Å². The minimum absolute atomic E-state index is 0.570. The van der Waals surface area contributed by atoms with E-state index in [0.29, 0.717) is 5.88 Å². The standard InChI is InChI=1S/C24H41ClO/c1-3-4-5-6-7-8-9-10-11-12-13-14-15-16-19-26-24-18-17-23(21-25)20-22(24)2/h17-18,20H,3-16,19,21H2,1-2H3. The summed E-state index contributed by atoms with van der Waals surface area (Å²) in [4.78, 5) is 0. The number of ether oxygens (including phenoxy) is 1. The summed E-state index contributed by atoms with van der Waals surface area (Å²) in [5.41, 5.74) is 2.35. The van der Waals surface area contributed by atoms with E-state index in [2.05, 4.69) is 32.0 Å². The Morgan fingerprint density at radius 2 is 1.23 bits per heavy atom. The number of hydrogen-bond acceptors (Lipinski definition) is 1. The molecule has 0 aromatic heterocycles. The van der Waals surface area contributed by atoms with Crippen molar-refractivity contribution in [3.8, 4) is 5.75 Å². The van der Waals surface area contributed by atoms with Crippen LogP contribution in [0.3, 0.4) is 0 Å². The molecule has 1 nitrogen and oxygen atoms in total. The van der Waals surface area contributed by atoms with Gasteiger partial charge in [0, 0.05) is 5.88 Å². The van der Waals surface area contributed by atoms with Gasteiger partial charge in [0.05, 0.1) is 6.61 Å². The van der Waals surface area contributed by atoms with Crippen molar-refractivity contribution in [2.75, 3.05) is 6.61 Å². The predicted molar refractivity (Wildman–Crippen MR) is 117 cm³/mol. The zero-order valence-electron chi connectivity index (χ0n) is 17.3. The van der Waals surface area contributed by atoms with Crippen molar-refractivity contribution in [2.24, 2.45) is 0 Å². The average Bonchev–Trinajstić information content (AvgIpc) is 2.65. The summed E-state index contributed by atoms with van der Waals surface area (Å²) >= 11 is 5.86. The highest BCUT2D eigenvalue weighted by Gasteiger charge is 2.01. The topological polar surface area (TPSA) is 9.23 Å². The van der Waals surface area contributed by atoms with Crippen molar-refractivity contribution in [2.45, 2.75) is 110 Å². The Bertz CT molecular complexity index is 444. The highest BCUT2D eigenvalue weighted by atomic mass is 35.5. The molecule has 1 aromatic rings.